The summed E-state index contributed by atoms with van der Waals surface area (Å²) >= 11 is 0. The quantitative estimate of drug-likeness (QED) is 0.675. The molecule has 2 aromatic carbocycles. The van der Waals surface area contributed by atoms with Gasteiger partial charge in [0.1, 0.15) is 0 Å². The summed E-state index contributed by atoms with van der Waals surface area (Å²) in [5.41, 5.74) is 3.01. The third-order valence-corrected chi connectivity index (χ3v) is 3.51. The second-order valence-electron chi connectivity index (χ2n) is 5.13. The van der Waals surface area contributed by atoms with E-state index in [1.165, 1.54) is 18.2 Å². The third-order valence-electron chi connectivity index (χ3n) is 3.51. The van der Waals surface area contributed by atoms with Gasteiger partial charge >= 0.3 is 5.97 Å². The van der Waals surface area contributed by atoms with Crippen LogP contribution in [0.4, 0.5) is 8.78 Å². The Morgan fingerprint density at radius 2 is 1.96 bits per heavy atom. The number of aromatic amines is 1. The predicted octanol–water partition coefficient (Wildman–Crippen LogP) is 4.87. The Hall–Kier alpha value is -2.95. The molecule has 1 aromatic heterocycles. The number of alkyl halides is 2. The van der Waals surface area contributed by atoms with Crippen LogP contribution in [0, 0.1) is 0 Å². The maximum Gasteiger partial charge on any atom is 0.328 e. The Bertz CT molecular complexity index is 897. The fraction of sp³-hybridized carbons (Fsp3) is 0.0556. The zero-order valence-electron chi connectivity index (χ0n) is 12.0. The van der Waals surface area contributed by atoms with Crippen molar-refractivity contribution in [2.45, 2.75) is 6.43 Å². The first-order valence-electron chi connectivity index (χ1n) is 6.95. The SMILES string of the molecule is O=C(O)/C=C/c1ccc2[nH]c(-c3cccc(C(F)F)c3)cc2c1. The largest absolute Gasteiger partial charge is 0.478 e. The number of rotatable bonds is 4. The van der Waals surface area contributed by atoms with Crippen molar-refractivity contribution in [1.29, 1.82) is 0 Å². The van der Waals surface area contributed by atoms with Crippen LogP contribution in [0.2, 0.25) is 0 Å². The van der Waals surface area contributed by atoms with Gasteiger partial charge in [-0.15, -0.1) is 0 Å². The predicted molar refractivity (Wildman–Crippen MR) is 85.4 cm³/mol. The average Bonchev–Trinajstić information content (AvgIpc) is 2.96. The zero-order valence-corrected chi connectivity index (χ0v) is 12.0. The van der Waals surface area contributed by atoms with Crippen LogP contribution in [0.5, 0.6) is 0 Å². The van der Waals surface area contributed by atoms with E-state index in [1.807, 2.05) is 18.2 Å². The lowest BCUT2D eigenvalue weighted by Gasteiger charge is -2.02. The minimum atomic E-state index is -2.51. The maximum atomic E-state index is 12.8. The number of carboxylic acids is 1. The monoisotopic (exact) mass is 313 g/mol. The fourth-order valence-corrected chi connectivity index (χ4v) is 2.42. The van der Waals surface area contributed by atoms with Gasteiger partial charge in [0.05, 0.1) is 0 Å². The van der Waals surface area contributed by atoms with E-state index in [-0.39, 0.29) is 5.56 Å². The van der Waals surface area contributed by atoms with Gasteiger partial charge in [0.25, 0.3) is 6.43 Å². The lowest BCUT2D eigenvalue weighted by molar-refractivity contribution is -0.131. The lowest BCUT2D eigenvalue weighted by atomic mass is 10.1. The molecule has 0 spiro atoms. The van der Waals surface area contributed by atoms with E-state index in [0.717, 1.165) is 28.2 Å². The van der Waals surface area contributed by atoms with Crippen molar-refractivity contribution in [3.05, 3.63) is 65.7 Å². The molecule has 0 aliphatic rings. The summed E-state index contributed by atoms with van der Waals surface area (Å²) in [7, 11) is 0. The summed E-state index contributed by atoms with van der Waals surface area (Å²) in [6.07, 6.45) is 0.0688. The van der Waals surface area contributed by atoms with Crippen molar-refractivity contribution < 1.29 is 18.7 Å². The highest BCUT2D eigenvalue weighted by Crippen LogP contribution is 2.28. The highest BCUT2D eigenvalue weighted by molar-refractivity contribution is 5.90. The Labute approximate surface area is 130 Å². The van der Waals surface area contributed by atoms with Gasteiger partial charge in [-0.25, -0.2) is 13.6 Å². The highest BCUT2D eigenvalue weighted by atomic mass is 19.3. The molecule has 0 saturated heterocycles. The van der Waals surface area contributed by atoms with Crippen LogP contribution in [0.25, 0.3) is 28.2 Å². The second-order valence-corrected chi connectivity index (χ2v) is 5.13. The van der Waals surface area contributed by atoms with Gasteiger partial charge in [-0.1, -0.05) is 24.3 Å². The van der Waals surface area contributed by atoms with Crippen LogP contribution < -0.4 is 0 Å². The van der Waals surface area contributed by atoms with Gasteiger partial charge in [-0.3, -0.25) is 0 Å². The standard InChI is InChI=1S/C18H13F2NO2/c19-18(20)13-3-1-2-12(9-13)16-10-14-8-11(5-7-17(22)23)4-6-15(14)21-16/h1-10,18,21H,(H,22,23)/b7-5+. The first-order chi connectivity index (χ1) is 11.0. The van der Waals surface area contributed by atoms with Crippen LogP contribution in [0.15, 0.2) is 54.6 Å². The van der Waals surface area contributed by atoms with Gasteiger partial charge in [0, 0.05) is 28.2 Å². The van der Waals surface area contributed by atoms with Gasteiger partial charge < -0.3 is 10.1 Å². The highest BCUT2D eigenvalue weighted by Gasteiger charge is 2.09. The van der Waals surface area contributed by atoms with E-state index in [4.69, 9.17) is 5.11 Å². The number of hydrogen-bond donors (Lipinski definition) is 2. The van der Waals surface area contributed by atoms with Crippen molar-refractivity contribution in [3.8, 4) is 11.3 Å². The Kier molecular flexibility index (Phi) is 3.93. The molecule has 116 valence electrons. The smallest absolute Gasteiger partial charge is 0.328 e. The van der Waals surface area contributed by atoms with Crippen LogP contribution in [-0.4, -0.2) is 16.1 Å². The molecule has 0 aliphatic heterocycles. The molecule has 0 aliphatic carbocycles. The van der Waals surface area contributed by atoms with Crippen molar-refractivity contribution >= 4 is 22.9 Å². The molecule has 0 fully saturated rings. The second kappa shape index (κ2) is 6.04. The number of aromatic nitrogens is 1. The van der Waals surface area contributed by atoms with Crippen LogP contribution >= 0.6 is 0 Å². The van der Waals surface area contributed by atoms with Gasteiger partial charge in [-0.2, -0.15) is 0 Å². The van der Waals surface area contributed by atoms with Gasteiger partial charge in [0.2, 0.25) is 0 Å². The minimum Gasteiger partial charge on any atom is -0.478 e. The topological polar surface area (TPSA) is 53.1 Å². The number of carbonyl (C=O) groups is 1. The third kappa shape index (κ3) is 3.29. The summed E-state index contributed by atoms with van der Waals surface area (Å²) < 4.78 is 25.6. The molecule has 0 bridgehead atoms. The summed E-state index contributed by atoms with van der Waals surface area (Å²) in [6, 6.07) is 13.5. The normalized spacial score (nSPS) is 11.6. The molecule has 23 heavy (non-hydrogen) atoms. The molecule has 0 unspecified atom stereocenters. The fourth-order valence-electron chi connectivity index (χ4n) is 2.42. The molecule has 2 N–H and O–H groups in total. The number of carboxylic acid groups (broad SMARTS) is 1. The molecule has 5 heteroatoms. The van der Waals surface area contributed by atoms with Crippen molar-refractivity contribution in [3.63, 3.8) is 0 Å². The number of H-pyrrole nitrogens is 1. The first-order valence-corrected chi connectivity index (χ1v) is 6.95. The summed E-state index contributed by atoms with van der Waals surface area (Å²) in [6.45, 7) is 0. The average molecular weight is 313 g/mol. The minimum absolute atomic E-state index is 0.0220. The molecule has 0 radical (unpaired) electrons. The molecule has 3 aromatic rings. The molecule has 3 nitrogen and oxygen atoms in total. The molecule has 0 saturated carbocycles. The Morgan fingerprint density at radius 3 is 2.70 bits per heavy atom. The van der Waals surface area contributed by atoms with E-state index in [1.54, 1.807) is 18.2 Å². The Morgan fingerprint density at radius 1 is 1.13 bits per heavy atom. The van der Waals surface area contributed by atoms with Crippen molar-refractivity contribution in [2.75, 3.05) is 0 Å². The number of aliphatic carboxylic acids is 1. The maximum absolute atomic E-state index is 12.8. The number of fused-ring (bicyclic) bond motifs is 1. The number of benzene rings is 2. The molecular weight excluding hydrogens is 300 g/mol. The summed E-state index contributed by atoms with van der Waals surface area (Å²) in [5.74, 6) is -1.01. The van der Waals surface area contributed by atoms with Crippen LogP contribution in [-0.2, 0) is 4.79 Å². The summed E-state index contributed by atoms with van der Waals surface area (Å²) in [5, 5.41) is 9.54. The van der Waals surface area contributed by atoms with E-state index in [0.29, 0.717) is 5.56 Å². The van der Waals surface area contributed by atoms with Crippen LogP contribution in [0.1, 0.15) is 17.6 Å². The van der Waals surface area contributed by atoms with Gasteiger partial charge in [0.15, 0.2) is 0 Å². The number of halogens is 2. The van der Waals surface area contributed by atoms with E-state index >= 15 is 0 Å². The molecule has 0 amide bonds. The van der Waals surface area contributed by atoms with E-state index in [9.17, 15) is 13.6 Å². The molecule has 0 atom stereocenters. The first kappa shape index (κ1) is 15.0. The Balaban J connectivity index is 2.00. The molecule has 3 rings (SSSR count). The van der Waals surface area contributed by atoms with Crippen molar-refractivity contribution in [1.82, 2.24) is 4.98 Å². The molecular formula is C18H13F2NO2. The summed E-state index contributed by atoms with van der Waals surface area (Å²) in [4.78, 5) is 13.7. The lowest BCUT2D eigenvalue weighted by Crippen LogP contribution is -1.85. The zero-order chi connectivity index (χ0) is 16.4. The van der Waals surface area contributed by atoms with Crippen molar-refractivity contribution in [2.24, 2.45) is 0 Å². The number of hydrogen-bond acceptors (Lipinski definition) is 1. The molecule has 1 heterocycles. The number of nitrogens with one attached hydrogen (secondary N) is 1. The van der Waals surface area contributed by atoms with Gasteiger partial charge in [-0.05, 0) is 41.5 Å². The van der Waals surface area contributed by atoms with Crippen LogP contribution in [0.3, 0.4) is 0 Å². The van der Waals surface area contributed by atoms with E-state index in [2.05, 4.69) is 4.98 Å². The van der Waals surface area contributed by atoms with E-state index < -0.39 is 12.4 Å².